The zero-order valence-electron chi connectivity index (χ0n) is 12.0. The van der Waals surface area contributed by atoms with Gasteiger partial charge in [-0.1, -0.05) is 35.3 Å². The van der Waals surface area contributed by atoms with E-state index in [9.17, 15) is 14.9 Å². The molecule has 0 heterocycles. The molecule has 0 aromatic heterocycles. The Morgan fingerprint density at radius 3 is 2.43 bits per heavy atom. The number of nitro groups is 1. The van der Waals surface area contributed by atoms with Crippen molar-refractivity contribution in [1.82, 2.24) is 0 Å². The fraction of sp³-hybridized carbons (Fsp3) is 0.133. The summed E-state index contributed by atoms with van der Waals surface area (Å²) in [4.78, 5) is 22.5. The van der Waals surface area contributed by atoms with E-state index in [1.165, 1.54) is 43.3 Å². The van der Waals surface area contributed by atoms with E-state index in [0.29, 0.717) is 15.7 Å². The number of nitrogens with one attached hydrogen (secondary N) is 1. The quantitative estimate of drug-likeness (QED) is 0.640. The van der Waals surface area contributed by atoms with E-state index < -0.39 is 16.9 Å². The SMILES string of the molecule is CC(Oc1ccccc1[N+](=O)[O-])C(=O)Nc1cc(Cl)cc(Cl)c1. The van der Waals surface area contributed by atoms with Gasteiger partial charge in [0.1, 0.15) is 0 Å². The maximum atomic E-state index is 12.1. The Labute approximate surface area is 142 Å². The van der Waals surface area contributed by atoms with Crippen LogP contribution in [0.2, 0.25) is 10.0 Å². The van der Waals surface area contributed by atoms with Gasteiger partial charge >= 0.3 is 5.69 Å². The lowest BCUT2D eigenvalue weighted by Gasteiger charge is -2.15. The van der Waals surface area contributed by atoms with Gasteiger partial charge in [0.05, 0.1) is 4.92 Å². The van der Waals surface area contributed by atoms with Crippen LogP contribution in [0.15, 0.2) is 42.5 Å². The van der Waals surface area contributed by atoms with Gasteiger partial charge < -0.3 is 10.1 Å². The van der Waals surface area contributed by atoms with Crippen molar-refractivity contribution < 1.29 is 14.5 Å². The van der Waals surface area contributed by atoms with Crippen molar-refractivity contribution in [3.8, 4) is 5.75 Å². The highest BCUT2D eigenvalue weighted by atomic mass is 35.5. The summed E-state index contributed by atoms with van der Waals surface area (Å²) in [6.45, 7) is 1.48. The molecule has 8 heteroatoms. The van der Waals surface area contributed by atoms with Gasteiger partial charge in [-0.3, -0.25) is 14.9 Å². The van der Waals surface area contributed by atoms with E-state index in [4.69, 9.17) is 27.9 Å². The van der Waals surface area contributed by atoms with Crippen LogP contribution in [0.1, 0.15) is 6.92 Å². The lowest BCUT2D eigenvalue weighted by molar-refractivity contribution is -0.386. The number of carbonyl (C=O) groups is 1. The third kappa shape index (κ3) is 4.58. The summed E-state index contributed by atoms with van der Waals surface area (Å²) in [5.74, 6) is -0.467. The Balaban J connectivity index is 2.10. The third-order valence-corrected chi connectivity index (χ3v) is 3.30. The fourth-order valence-corrected chi connectivity index (χ4v) is 2.35. The second-order valence-corrected chi connectivity index (χ2v) is 5.51. The van der Waals surface area contributed by atoms with Crippen LogP contribution >= 0.6 is 23.2 Å². The number of halogens is 2. The number of benzene rings is 2. The van der Waals surface area contributed by atoms with Crippen molar-refractivity contribution in [3.63, 3.8) is 0 Å². The molecule has 0 radical (unpaired) electrons. The van der Waals surface area contributed by atoms with E-state index in [-0.39, 0.29) is 11.4 Å². The molecule has 0 aliphatic rings. The minimum atomic E-state index is -0.950. The number of carbonyl (C=O) groups excluding carboxylic acids is 1. The number of rotatable bonds is 5. The first-order valence-corrected chi connectivity index (χ1v) is 7.29. The molecule has 2 aromatic rings. The van der Waals surface area contributed by atoms with Gasteiger partial charge in [0.25, 0.3) is 5.91 Å². The van der Waals surface area contributed by atoms with Crippen molar-refractivity contribution in [1.29, 1.82) is 0 Å². The number of hydrogen-bond donors (Lipinski definition) is 1. The molecule has 1 amide bonds. The Bertz CT molecular complexity index is 732. The number of hydrogen-bond acceptors (Lipinski definition) is 4. The first-order valence-electron chi connectivity index (χ1n) is 6.54. The Morgan fingerprint density at radius 1 is 1.22 bits per heavy atom. The summed E-state index contributed by atoms with van der Waals surface area (Å²) in [5.41, 5.74) is 0.198. The van der Waals surface area contributed by atoms with Crippen molar-refractivity contribution in [2.24, 2.45) is 0 Å². The fourth-order valence-electron chi connectivity index (χ4n) is 1.82. The molecule has 1 unspecified atom stereocenters. The lowest BCUT2D eigenvalue weighted by atomic mass is 10.2. The van der Waals surface area contributed by atoms with Crippen molar-refractivity contribution >= 4 is 40.5 Å². The van der Waals surface area contributed by atoms with Crippen LogP contribution in [-0.4, -0.2) is 16.9 Å². The van der Waals surface area contributed by atoms with E-state index in [0.717, 1.165) is 0 Å². The molecule has 0 bridgehead atoms. The average molecular weight is 355 g/mol. The maximum absolute atomic E-state index is 12.1. The average Bonchev–Trinajstić information content (AvgIpc) is 2.46. The predicted molar refractivity (Wildman–Crippen MR) is 88.3 cm³/mol. The van der Waals surface area contributed by atoms with E-state index in [1.54, 1.807) is 6.07 Å². The van der Waals surface area contributed by atoms with Crippen LogP contribution in [0.3, 0.4) is 0 Å². The Hall–Kier alpha value is -2.31. The highest BCUT2D eigenvalue weighted by Crippen LogP contribution is 2.27. The molecule has 120 valence electrons. The van der Waals surface area contributed by atoms with Gasteiger partial charge in [-0.2, -0.15) is 0 Å². The minimum Gasteiger partial charge on any atom is -0.474 e. The van der Waals surface area contributed by atoms with Crippen LogP contribution in [0.25, 0.3) is 0 Å². The second-order valence-electron chi connectivity index (χ2n) is 4.63. The molecule has 1 N–H and O–H groups in total. The van der Waals surface area contributed by atoms with Gasteiger partial charge in [-0.15, -0.1) is 0 Å². The minimum absolute atomic E-state index is 0.0178. The zero-order chi connectivity index (χ0) is 17.0. The molecule has 1 atom stereocenters. The molecule has 0 aliphatic carbocycles. The Morgan fingerprint density at radius 2 is 1.83 bits per heavy atom. The smallest absolute Gasteiger partial charge is 0.310 e. The van der Waals surface area contributed by atoms with Crippen LogP contribution in [0.4, 0.5) is 11.4 Å². The Kier molecular flexibility index (Phi) is 5.41. The van der Waals surface area contributed by atoms with Crippen LogP contribution in [0, 0.1) is 10.1 Å². The normalized spacial score (nSPS) is 11.6. The summed E-state index contributed by atoms with van der Waals surface area (Å²) in [6.07, 6.45) is -0.950. The molecule has 2 aromatic carbocycles. The molecular weight excluding hydrogens is 343 g/mol. The highest BCUT2D eigenvalue weighted by Gasteiger charge is 2.20. The first-order chi connectivity index (χ1) is 10.9. The molecule has 23 heavy (non-hydrogen) atoms. The van der Waals surface area contributed by atoms with Gasteiger partial charge in [-0.25, -0.2) is 0 Å². The summed E-state index contributed by atoms with van der Waals surface area (Å²) in [5, 5.41) is 14.3. The topological polar surface area (TPSA) is 81.5 Å². The standard InChI is InChI=1S/C15H12Cl2N2O4/c1-9(23-14-5-3-2-4-13(14)19(21)22)15(20)18-12-7-10(16)6-11(17)8-12/h2-9H,1H3,(H,18,20). The van der Waals surface area contributed by atoms with E-state index >= 15 is 0 Å². The van der Waals surface area contributed by atoms with E-state index in [1.807, 2.05) is 0 Å². The molecule has 0 spiro atoms. The van der Waals surface area contributed by atoms with Gasteiger partial charge in [0.2, 0.25) is 0 Å². The van der Waals surface area contributed by atoms with Crippen LogP contribution < -0.4 is 10.1 Å². The molecule has 0 saturated carbocycles. The zero-order valence-corrected chi connectivity index (χ0v) is 13.5. The number of amides is 1. The predicted octanol–water partition coefficient (Wildman–Crippen LogP) is 4.31. The molecular formula is C15H12Cl2N2O4. The van der Waals surface area contributed by atoms with Crippen molar-refractivity contribution in [2.45, 2.75) is 13.0 Å². The number of anilines is 1. The van der Waals surface area contributed by atoms with Gasteiger partial charge in [-0.05, 0) is 31.2 Å². The third-order valence-electron chi connectivity index (χ3n) is 2.87. The van der Waals surface area contributed by atoms with Crippen LogP contribution in [0.5, 0.6) is 5.75 Å². The number of ether oxygens (including phenoxy) is 1. The number of para-hydroxylation sites is 2. The monoisotopic (exact) mass is 354 g/mol. The summed E-state index contributed by atoms with van der Waals surface area (Å²) in [6, 6.07) is 10.4. The molecule has 0 aliphatic heterocycles. The maximum Gasteiger partial charge on any atom is 0.310 e. The van der Waals surface area contributed by atoms with E-state index in [2.05, 4.69) is 5.32 Å². The van der Waals surface area contributed by atoms with Crippen molar-refractivity contribution in [2.75, 3.05) is 5.32 Å². The summed E-state index contributed by atoms with van der Waals surface area (Å²) < 4.78 is 5.38. The second kappa shape index (κ2) is 7.30. The van der Waals surface area contributed by atoms with Gasteiger partial charge in [0.15, 0.2) is 11.9 Å². The highest BCUT2D eigenvalue weighted by molar-refractivity contribution is 6.35. The van der Waals surface area contributed by atoms with Gasteiger partial charge in [0, 0.05) is 21.8 Å². The molecule has 6 nitrogen and oxygen atoms in total. The number of nitro benzene ring substituents is 1. The largest absolute Gasteiger partial charge is 0.474 e. The molecule has 0 saturated heterocycles. The summed E-state index contributed by atoms with van der Waals surface area (Å²) in [7, 11) is 0. The lowest BCUT2D eigenvalue weighted by Crippen LogP contribution is -2.30. The molecule has 2 rings (SSSR count). The first kappa shape index (κ1) is 17.1. The van der Waals surface area contributed by atoms with Crippen LogP contribution in [-0.2, 0) is 4.79 Å². The number of nitrogens with zero attached hydrogens (tertiary/aromatic N) is 1. The molecule has 0 fully saturated rings. The van der Waals surface area contributed by atoms with Crippen molar-refractivity contribution in [3.05, 3.63) is 62.6 Å². The summed E-state index contributed by atoms with van der Waals surface area (Å²) >= 11 is 11.7.